The quantitative estimate of drug-likeness (QED) is 0.351. The number of fused-ring (bicyclic) bond motifs is 1. The second-order valence-electron chi connectivity index (χ2n) is 9.14. The molecule has 0 bridgehead atoms. The Hall–Kier alpha value is -2.40. The highest BCUT2D eigenvalue weighted by Gasteiger charge is 2.26. The van der Waals surface area contributed by atoms with E-state index in [1.54, 1.807) is 7.11 Å². The van der Waals surface area contributed by atoms with Crippen LogP contribution in [0, 0.1) is 18.3 Å². The van der Waals surface area contributed by atoms with E-state index in [2.05, 4.69) is 33.8 Å². The van der Waals surface area contributed by atoms with Crippen LogP contribution in [0.1, 0.15) is 65.5 Å². The molecule has 0 aliphatic carbocycles. The normalized spacial score (nSPS) is 13.1. The molecule has 2 rings (SSSR count). The van der Waals surface area contributed by atoms with Crippen molar-refractivity contribution in [2.75, 3.05) is 7.11 Å². The van der Waals surface area contributed by atoms with Crippen LogP contribution in [0.2, 0.25) is 0 Å². The van der Waals surface area contributed by atoms with Crippen molar-refractivity contribution in [1.82, 2.24) is 0 Å². The zero-order valence-corrected chi connectivity index (χ0v) is 20.4. The predicted molar refractivity (Wildman–Crippen MR) is 128 cm³/mol. The summed E-state index contributed by atoms with van der Waals surface area (Å²) in [4.78, 5) is 21.5. The van der Waals surface area contributed by atoms with E-state index < -0.39 is 12.0 Å². The largest absolute Gasteiger partial charge is 0.493 e. The molecule has 0 aliphatic heterocycles. The number of esters is 1. The molecule has 5 heteroatoms. The molecule has 0 aromatic heterocycles. The van der Waals surface area contributed by atoms with E-state index in [4.69, 9.17) is 20.0 Å². The van der Waals surface area contributed by atoms with E-state index in [9.17, 15) is 4.79 Å². The van der Waals surface area contributed by atoms with Gasteiger partial charge in [0, 0.05) is 10.9 Å². The molecule has 0 spiro atoms. The number of benzene rings is 2. The third-order valence-corrected chi connectivity index (χ3v) is 5.57. The van der Waals surface area contributed by atoms with Crippen LogP contribution in [0.5, 0.6) is 11.5 Å². The Bertz CT molecular complexity index is 883. The van der Waals surface area contributed by atoms with Gasteiger partial charge in [-0.05, 0) is 49.0 Å². The second-order valence-corrected chi connectivity index (χ2v) is 9.14. The lowest BCUT2D eigenvalue weighted by Gasteiger charge is -2.24. The fourth-order valence-electron chi connectivity index (χ4n) is 3.37. The van der Waals surface area contributed by atoms with Gasteiger partial charge in [-0.2, -0.15) is 0 Å². The van der Waals surface area contributed by atoms with Gasteiger partial charge in [0.05, 0.1) is 7.11 Å². The van der Waals surface area contributed by atoms with Crippen LogP contribution in [-0.2, 0) is 16.0 Å². The van der Waals surface area contributed by atoms with Crippen molar-refractivity contribution in [3.8, 4) is 11.5 Å². The van der Waals surface area contributed by atoms with Gasteiger partial charge >= 0.3 is 5.97 Å². The number of nitrogens with two attached hydrogens (primary N) is 1. The Balaban J connectivity index is 0.00000151. The summed E-state index contributed by atoms with van der Waals surface area (Å²) >= 11 is 0. The maximum absolute atomic E-state index is 12.7. The minimum Gasteiger partial charge on any atom is -0.493 e. The Morgan fingerprint density at radius 3 is 2.19 bits per heavy atom. The molecule has 0 saturated heterocycles. The van der Waals surface area contributed by atoms with Crippen molar-refractivity contribution in [1.29, 1.82) is 0 Å². The first-order valence-electron chi connectivity index (χ1n) is 11.0. The summed E-state index contributed by atoms with van der Waals surface area (Å²) in [6.45, 7) is 14.2. The van der Waals surface area contributed by atoms with Crippen LogP contribution in [-0.4, -0.2) is 25.4 Å². The van der Waals surface area contributed by atoms with E-state index in [0.29, 0.717) is 11.5 Å². The Kier molecular flexibility index (Phi) is 10.2. The smallest absolute Gasteiger partial charge is 0.328 e. The fourth-order valence-corrected chi connectivity index (χ4v) is 3.37. The number of ether oxygens (including phenoxy) is 2. The van der Waals surface area contributed by atoms with Crippen molar-refractivity contribution >= 4 is 23.0 Å². The van der Waals surface area contributed by atoms with Crippen molar-refractivity contribution < 1.29 is 19.1 Å². The lowest BCUT2D eigenvalue weighted by Crippen LogP contribution is -2.39. The molecule has 5 nitrogen and oxygen atoms in total. The number of methoxy groups -OCH3 is 1. The first-order chi connectivity index (χ1) is 14.5. The van der Waals surface area contributed by atoms with E-state index in [-0.39, 0.29) is 11.3 Å². The molecule has 31 heavy (non-hydrogen) atoms. The molecule has 2 unspecified atom stereocenters. The van der Waals surface area contributed by atoms with Gasteiger partial charge in [0.25, 0.3) is 0 Å². The van der Waals surface area contributed by atoms with Crippen LogP contribution in [0.15, 0.2) is 24.3 Å². The molecule has 0 fully saturated rings. The zero-order valence-electron chi connectivity index (χ0n) is 20.4. The highest BCUT2D eigenvalue weighted by molar-refractivity contribution is 5.97. The molecule has 2 atom stereocenters. The maximum Gasteiger partial charge on any atom is 0.328 e. The standard InChI is InChI=1S/C24H35NO3.C2H4O/c1-8-15(2)20(25)23(26)28-22-19-12-10-9-11-17(19)16(3)18(21(22)27-7)13-14-24(4,5)6;1-2-3/h9-12,15,20H,8,13-14,25H2,1-7H3;2H,1H3. The van der Waals surface area contributed by atoms with Gasteiger partial charge in [-0.3, -0.25) is 0 Å². The van der Waals surface area contributed by atoms with Gasteiger partial charge in [0.15, 0.2) is 11.5 Å². The van der Waals surface area contributed by atoms with Gasteiger partial charge in [0.2, 0.25) is 0 Å². The summed E-state index contributed by atoms with van der Waals surface area (Å²) in [6.07, 6.45) is 3.42. The third-order valence-electron chi connectivity index (χ3n) is 5.57. The number of aryl methyl sites for hydroxylation is 1. The van der Waals surface area contributed by atoms with Crippen LogP contribution < -0.4 is 15.2 Å². The monoisotopic (exact) mass is 429 g/mol. The zero-order chi connectivity index (χ0) is 23.8. The van der Waals surface area contributed by atoms with Crippen molar-refractivity contribution in [3.05, 3.63) is 35.4 Å². The SMILES string of the molecule is CC=O.CCC(C)C(N)C(=O)Oc1c(OC)c(CCC(C)(C)C)c(C)c2ccccc12. The summed E-state index contributed by atoms with van der Waals surface area (Å²) in [5.74, 6) is 0.764. The van der Waals surface area contributed by atoms with Crippen molar-refractivity contribution in [2.45, 2.75) is 73.8 Å². The summed E-state index contributed by atoms with van der Waals surface area (Å²) in [5.41, 5.74) is 8.58. The Labute approximate surface area is 187 Å². The van der Waals surface area contributed by atoms with Gasteiger partial charge in [-0.25, -0.2) is 4.79 Å². The molecule has 172 valence electrons. The van der Waals surface area contributed by atoms with Gasteiger partial charge in [0.1, 0.15) is 12.3 Å². The molecule has 2 aromatic carbocycles. The number of rotatable bonds is 7. The lowest BCUT2D eigenvalue weighted by molar-refractivity contribution is -0.137. The average molecular weight is 430 g/mol. The fraction of sp³-hybridized carbons (Fsp3) is 0.538. The molecule has 0 heterocycles. The number of hydrogen-bond donors (Lipinski definition) is 1. The summed E-state index contributed by atoms with van der Waals surface area (Å²) in [6, 6.07) is 7.33. The molecule has 2 aromatic rings. The second kappa shape index (κ2) is 11.8. The first-order valence-corrected chi connectivity index (χ1v) is 11.0. The topological polar surface area (TPSA) is 78.6 Å². The highest BCUT2D eigenvalue weighted by Crippen LogP contribution is 2.43. The lowest BCUT2D eigenvalue weighted by atomic mass is 9.86. The Morgan fingerprint density at radius 1 is 1.16 bits per heavy atom. The minimum atomic E-state index is -0.659. The van der Waals surface area contributed by atoms with Gasteiger partial charge < -0.3 is 20.0 Å². The van der Waals surface area contributed by atoms with Crippen LogP contribution in [0.4, 0.5) is 0 Å². The summed E-state index contributed by atoms with van der Waals surface area (Å²) < 4.78 is 11.7. The van der Waals surface area contributed by atoms with Crippen LogP contribution >= 0.6 is 0 Å². The summed E-state index contributed by atoms with van der Waals surface area (Å²) in [5, 5.41) is 1.95. The number of carbonyl (C=O) groups is 2. The molecule has 0 saturated carbocycles. The summed E-state index contributed by atoms with van der Waals surface area (Å²) in [7, 11) is 1.63. The van der Waals surface area contributed by atoms with E-state index in [1.807, 2.05) is 32.0 Å². The van der Waals surface area contributed by atoms with Gasteiger partial charge in [-0.15, -0.1) is 0 Å². The molecular formula is C26H39NO4. The Morgan fingerprint density at radius 2 is 1.71 bits per heavy atom. The molecule has 0 radical (unpaired) electrons. The first kappa shape index (κ1) is 26.6. The third kappa shape index (κ3) is 7.06. The maximum atomic E-state index is 12.7. The molecule has 0 amide bonds. The van der Waals surface area contributed by atoms with Crippen molar-refractivity contribution in [2.24, 2.45) is 17.1 Å². The van der Waals surface area contributed by atoms with Crippen molar-refractivity contribution in [3.63, 3.8) is 0 Å². The van der Waals surface area contributed by atoms with E-state index in [1.165, 1.54) is 12.5 Å². The molecule has 2 N–H and O–H groups in total. The molecule has 0 aliphatic rings. The van der Waals surface area contributed by atoms with E-state index in [0.717, 1.165) is 41.9 Å². The molecular weight excluding hydrogens is 390 g/mol. The highest BCUT2D eigenvalue weighted by atomic mass is 16.6. The predicted octanol–water partition coefficient (Wildman–Crippen LogP) is 5.62. The van der Waals surface area contributed by atoms with Gasteiger partial charge in [-0.1, -0.05) is 65.3 Å². The average Bonchev–Trinajstić information content (AvgIpc) is 2.73. The number of hydrogen-bond acceptors (Lipinski definition) is 5. The van der Waals surface area contributed by atoms with E-state index >= 15 is 0 Å². The minimum absolute atomic E-state index is 0.0515. The number of carbonyl (C=O) groups excluding carboxylic acids is 2. The van der Waals surface area contributed by atoms with Crippen LogP contribution in [0.3, 0.4) is 0 Å². The van der Waals surface area contributed by atoms with Crippen LogP contribution in [0.25, 0.3) is 10.8 Å². The number of aldehydes is 1.